The maximum Gasteiger partial charge on any atom is 0.364 e. The highest BCUT2D eigenvalue weighted by Crippen LogP contribution is 2.10. The third kappa shape index (κ3) is 2.67. The van der Waals surface area contributed by atoms with Crippen molar-refractivity contribution in [3.63, 3.8) is 0 Å². The van der Waals surface area contributed by atoms with Crippen LogP contribution in [0.4, 0.5) is 5.82 Å². The van der Waals surface area contributed by atoms with Crippen LogP contribution < -0.4 is 16.7 Å². The zero-order valence-electron chi connectivity index (χ0n) is 10.6. The van der Waals surface area contributed by atoms with E-state index >= 15 is 0 Å². The van der Waals surface area contributed by atoms with E-state index in [0.29, 0.717) is 23.9 Å². The van der Waals surface area contributed by atoms with Crippen LogP contribution >= 0.6 is 0 Å². The molecule has 0 aliphatic heterocycles. The van der Waals surface area contributed by atoms with Crippen molar-refractivity contribution in [2.45, 2.75) is 26.3 Å². The van der Waals surface area contributed by atoms with Crippen molar-refractivity contribution in [1.82, 2.24) is 19.8 Å². The number of aromatic nitrogens is 4. The fourth-order valence-corrected chi connectivity index (χ4v) is 1.87. The predicted octanol–water partition coefficient (Wildman–Crippen LogP) is 0.203. The van der Waals surface area contributed by atoms with Gasteiger partial charge in [0.25, 0.3) is 0 Å². The van der Waals surface area contributed by atoms with Crippen LogP contribution in [0.2, 0.25) is 0 Å². The van der Waals surface area contributed by atoms with Gasteiger partial charge in [-0.05, 0) is 24.5 Å². The Balaban J connectivity index is 2.20. The summed E-state index contributed by atoms with van der Waals surface area (Å²) >= 11 is 0. The molecule has 0 aliphatic rings. The van der Waals surface area contributed by atoms with Crippen LogP contribution in [0.15, 0.2) is 16.9 Å². The van der Waals surface area contributed by atoms with E-state index in [1.165, 1.54) is 4.52 Å². The Morgan fingerprint density at radius 3 is 2.94 bits per heavy atom. The Morgan fingerprint density at radius 1 is 1.50 bits per heavy atom. The number of H-pyrrole nitrogens is 1. The molecular formula is C11H18N6O. The summed E-state index contributed by atoms with van der Waals surface area (Å²) in [6.07, 6.45) is 0.955. The van der Waals surface area contributed by atoms with E-state index in [-0.39, 0.29) is 11.7 Å². The standard InChI is InChI=1S/C11H18N6O/c1-7(2)5-8(6-12)13-9-3-4-10-14-15-11(18)17(10)16-9/h3-4,7-8H,5-6,12H2,1-2H3,(H,13,16)(H,15,18). The summed E-state index contributed by atoms with van der Waals surface area (Å²) in [6.45, 7) is 4.81. The summed E-state index contributed by atoms with van der Waals surface area (Å²) in [4.78, 5) is 11.4. The summed E-state index contributed by atoms with van der Waals surface area (Å²) in [7, 11) is 0. The molecule has 0 fully saturated rings. The van der Waals surface area contributed by atoms with Crippen LogP contribution in [-0.4, -0.2) is 32.4 Å². The lowest BCUT2D eigenvalue weighted by Crippen LogP contribution is -2.31. The third-order valence-electron chi connectivity index (χ3n) is 2.67. The molecule has 0 aromatic carbocycles. The molecular weight excluding hydrogens is 232 g/mol. The van der Waals surface area contributed by atoms with Crippen LogP contribution in [-0.2, 0) is 0 Å². The van der Waals surface area contributed by atoms with Crippen molar-refractivity contribution >= 4 is 11.5 Å². The van der Waals surface area contributed by atoms with Gasteiger partial charge >= 0.3 is 5.69 Å². The van der Waals surface area contributed by atoms with Gasteiger partial charge in [-0.1, -0.05) is 13.8 Å². The Bertz CT molecular complexity index is 572. The van der Waals surface area contributed by atoms with E-state index in [9.17, 15) is 4.79 Å². The highest BCUT2D eigenvalue weighted by molar-refractivity contribution is 5.43. The first-order valence-electron chi connectivity index (χ1n) is 6.01. The first kappa shape index (κ1) is 12.6. The van der Waals surface area contributed by atoms with E-state index in [2.05, 4.69) is 34.5 Å². The largest absolute Gasteiger partial charge is 0.365 e. The number of anilines is 1. The molecule has 0 saturated heterocycles. The van der Waals surface area contributed by atoms with Gasteiger partial charge in [0.05, 0.1) is 0 Å². The Kier molecular flexibility index (Phi) is 3.61. The topological polar surface area (TPSA) is 101 Å². The molecule has 1 unspecified atom stereocenters. The molecule has 2 rings (SSSR count). The molecule has 2 aromatic rings. The number of nitrogens with two attached hydrogens (primary N) is 1. The minimum atomic E-state index is -0.346. The summed E-state index contributed by atoms with van der Waals surface area (Å²) in [6, 6.07) is 3.67. The van der Waals surface area contributed by atoms with E-state index in [1.54, 1.807) is 12.1 Å². The number of hydrogen-bond acceptors (Lipinski definition) is 5. The van der Waals surface area contributed by atoms with Crippen molar-refractivity contribution in [1.29, 1.82) is 0 Å². The minimum Gasteiger partial charge on any atom is -0.365 e. The van der Waals surface area contributed by atoms with Crippen molar-refractivity contribution < 1.29 is 0 Å². The maximum absolute atomic E-state index is 11.4. The van der Waals surface area contributed by atoms with Gasteiger partial charge in [-0.25, -0.2) is 9.89 Å². The van der Waals surface area contributed by atoms with Crippen LogP contribution in [0.25, 0.3) is 5.65 Å². The zero-order valence-corrected chi connectivity index (χ0v) is 10.6. The van der Waals surface area contributed by atoms with E-state index in [4.69, 9.17) is 5.73 Å². The van der Waals surface area contributed by atoms with Gasteiger partial charge in [-0.3, -0.25) is 0 Å². The molecule has 98 valence electrons. The SMILES string of the molecule is CC(C)CC(CN)Nc1ccc2n[nH]c(=O)n2n1. The Morgan fingerprint density at radius 2 is 2.28 bits per heavy atom. The zero-order chi connectivity index (χ0) is 13.1. The number of hydrogen-bond donors (Lipinski definition) is 3. The normalized spacial score (nSPS) is 13.1. The molecule has 2 heterocycles. The van der Waals surface area contributed by atoms with Gasteiger partial charge in [-0.15, -0.1) is 5.10 Å². The molecule has 0 amide bonds. The molecule has 2 aromatic heterocycles. The molecule has 0 saturated carbocycles. The van der Waals surface area contributed by atoms with Crippen molar-refractivity contribution in [2.75, 3.05) is 11.9 Å². The Labute approximate surface area is 104 Å². The van der Waals surface area contributed by atoms with E-state index in [0.717, 1.165) is 6.42 Å². The highest BCUT2D eigenvalue weighted by atomic mass is 16.2. The molecule has 18 heavy (non-hydrogen) atoms. The predicted molar refractivity (Wildman–Crippen MR) is 69.5 cm³/mol. The highest BCUT2D eigenvalue weighted by Gasteiger charge is 2.10. The lowest BCUT2D eigenvalue weighted by molar-refractivity contribution is 0.520. The van der Waals surface area contributed by atoms with Gasteiger partial charge in [0, 0.05) is 12.6 Å². The van der Waals surface area contributed by atoms with Crippen molar-refractivity contribution in [3.8, 4) is 0 Å². The summed E-state index contributed by atoms with van der Waals surface area (Å²) < 4.78 is 1.23. The monoisotopic (exact) mass is 250 g/mol. The second-order valence-corrected chi connectivity index (χ2v) is 4.72. The molecule has 0 spiro atoms. The summed E-state index contributed by atoms with van der Waals surface area (Å²) in [5, 5.41) is 13.6. The number of rotatable bonds is 5. The van der Waals surface area contributed by atoms with Gasteiger partial charge in [0.15, 0.2) is 5.65 Å². The first-order valence-corrected chi connectivity index (χ1v) is 6.01. The number of nitrogens with zero attached hydrogens (tertiary/aromatic N) is 3. The van der Waals surface area contributed by atoms with Crippen molar-refractivity contribution in [2.24, 2.45) is 11.7 Å². The van der Waals surface area contributed by atoms with Crippen LogP contribution in [0, 0.1) is 5.92 Å². The lowest BCUT2D eigenvalue weighted by atomic mass is 10.0. The van der Waals surface area contributed by atoms with Gasteiger partial charge in [0.2, 0.25) is 0 Å². The smallest absolute Gasteiger partial charge is 0.364 e. The van der Waals surface area contributed by atoms with Crippen LogP contribution in [0.5, 0.6) is 0 Å². The van der Waals surface area contributed by atoms with E-state index in [1.807, 2.05) is 0 Å². The van der Waals surface area contributed by atoms with Gasteiger partial charge < -0.3 is 11.1 Å². The molecule has 0 aliphatic carbocycles. The average Bonchev–Trinajstić information content (AvgIpc) is 2.70. The number of nitrogens with one attached hydrogen (secondary N) is 2. The second kappa shape index (κ2) is 5.18. The fourth-order valence-electron chi connectivity index (χ4n) is 1.87. The molecule has 4 N–H and O–H groups in total. The van der Waals surface area contributed by atoms with Gasteiger partial charge in [-0.2, -0.15) is 9.61 Å². The first-order chi connectivity index (χ1) is 8.60. The number of fused-ring (bicyclic) bond motifs is 1. The molecule has 7 heteroatoms. The summed E-state index contributed by atoms with van der Waals surface area (Å²) in [5.41, 5.74) is 5.87. The van der Waals surface area contributed by atoms with Crippen molar-refractivity contribution in [3.05, 3.63) is 22.6 Å². The second-order valence-electron chi connectivity index (χ2n) is 4.72. The lowest BCUT2D eigenvalue weighted by Gasteiger charge is -2.19. The molecule has 0 bridgehead atoms. The van der Waals surface area contributed by atoms with Crippen LogP contribution in [0.1, 0.15) is 20.3 Å². The Hall–Kier alpha value is -1.89. The average molecular weight is 250 g/mol. The fraction of sp³-hybridized carbons (Fsp3) is 0.545. The molecule has 7 nitrogen and oxygen atoms in total. The molecule has 0 radical (unpaired) electrons. The number of aromatic amines is 1. The maximum atomic E-state index is 11.4. The molecule has 1 atom stereocenters. The quantitative estimate of drug-likeness (QED) is 0.704. The summed E-state index contributed by atoms with van der Waals surface area (Å²) in [5.74, 6) is 1.17. The van der Waals surface area contributed by atoms with Gasteiger partial charge in [0.1, 0.15) is 5.82 Å². The third-order valence-corrected chi connectivity index (χ3v) is 2.67. The van der Waals surface area contributed by atoms with E-state index < -0.39 is 0 Å². The van der Waals surface area contributed by atoms with Crippen LogP contribution in [0.3, 0.4) is 0 Å². The minimum absolute atomic E-state index is 0.151.